The second-order valence-electron chi connectivity index (χ2n) is 9.22. The molecule has 0 radical (unpaired) electrons. The number of alkyl carbamates (subject to hydrolysis) is 1. The molecule has 1 fully saturated rings. The fourth-order valence-corrected chi connectivity index (χ4v) is 5.32. The Bertz CT molecular complexity index is 844. The van der Waals surface area contributed by atoms with Gasteiger partial charge < -0.3 is 10.1 Å². The van der Waals surface area contributed by atoms with Crippen LogP contribution in [0.5, 0.6) is 0 Å². The maximum Gasteiger partial charge on any atom is 0.407 e. The van der Waals surface area contributed by atoms with Gasteiger partial charge in [-0.05, 0) is 71.8 Å². The molecule has 0 saturated heterocycles. The van der Waals surface area contributed by atoms with Gasteiger partial charge in [0.15, 0.2) is 0 Å². The molecule has 0 spiro atoms. The van der Waals surface area contributed by atoms with Gasteiger partial charge in [-0.25, -0.2) is 4.79 Å². The Hall–Kier alpha value is -2.03. The van der Waals surface area contributed by atoms with Crippen LogP contribution in [-0.4, -0.2) is 12.2 Å². The van der Waals surface area contributed by atoms with Crippen LogP contribution in [0, 0.1) is 17.8 Å². The number of hydrogen-bond donors (Lipinski definition) is 1. The molecule has 4 atom stereocenters. The summed E-state index contributed by atoms with van der Waals surface area (Å²) in [6, 6.07) is 13.0. The van der Waals surface area contributed by atoms with Crippen molar-refractivity contribution in [3.05, 3.63) is 47.5 Å². The van der Waals surface area contributed by atoms with Gasteiger partial charge in [0.25, 0.3) is 0 Å². The minimum atomic E-state index is -0.240. The van der Waals surface area contributed by atoms with Crippen LogP contribution in [0.15, 0.2) is 36.4 Å². The topological polar surface area (TPSA) is 38.3 Å². The molecule has 0 bridgehead atoms. The van der Waals surface area contributed by atoms with Crippen molar-refractivity contribution in [1.82, 2.24) is 5.32 Å². The van der Waals surface area contributed by atoms with E-state index in [2.05, 4.69) is 62.5 Å². The van der Waals surface area contributed by atoms with Crippen LogP contribution in [0.25, 0.3) is 10.8 Å². The highest BCUT2D eigenvalue weighted by Gasteiger charge is 2.34. The summed E-state index contributed by atoms with van der Waals surface area (Å²) in [5, 5.41) is 5.73. The third kappa shape index (κ3) is 3.90. The predicted molar refractivity (Wildman–Crippen MR) is 114 cm³/mol. The van der Waals surface area contributed by atoms with Gasteiger partial charge in [-0.2, -0.15) is 0 Å². The standard InChI is InChI=1S/C25H33NO2/c1-16(2)20-14-11-17(3)15-23(20)28-25(27)26-22-10-6-8-19-13-12-18-7-4-5-9-21(18)24(19)22/h4-5,7,9,12-13,16-17,20,22-23H,6,8,10-11,14-15H2,1-3H3,(H,26,27)/t17-,20+,22-,23-/m1/s1. The minimum absolute atomic E-state index is 0.0410. The first-order valence-electron chi connectivity index (χ1n) is 11.0. The highest BCUT2D eigenvalue weighted by atomic mass is 16.6. The molecular weight excluding hydrogens is 346 g/mol. The van der Waals surface area contributed by atoms with Crippen molar-refractivity contribution in [2.75, 3.05) is 0 Å². The van der Waals surface area contributed by atoms with Gasteiger partial charge in [-0.1, -0.05) is 63.6 Å². The molecule has 28 heavy (non-hydrogen) atoms. The molecule has 4 rings (SSSR count). The molecule has 2 aliphatic rings. The van der Waals surface area contributed by atoms with Crippen LogP contribution in [0.1, 0.15) is 70.0 Å². The average Bonchev–Trinajstić information content (AvgIpc) is 2.67. The quantitative estimate of drug-likeness (QED) is 0.669. The zero-order valence-corrected chi connectivity index (χ0v) is 17.4. The van der Waals surface area contributed by atoms with Crippen LogP contribution in [0.4, 0.5) is 4.79 Å². The molecule has 1 amide bonds. The first-order valence-corrected chi connectivity index (χ1v) is 11.0. The number of benzene rings is 2. The predicted octanol–water partition coefficient (Wildman–Crippen LogP) is 6.40. The Morgan fingerprint density at radius 3 is 2.75 bits per heavy atom. The Kier molecular flexibility index (Phi) is 5.61. The van der Waals surface area contributed by atoms with Crippen molar-refractivity contribution >= 4 is 16.9 Å². The SMILES string of the molecule is CC(C)[C@@H]1CC[C@@H](C)C[C@H]1OC(=O)N[C@@H]1CCCc2ccc3ccccc3c21. The number of carbonyl (C=O) groups is 1. The number of hydrogen-bond acceptors (Lipinski definition) is 2. The van der Waals surface area contributed by atoms with Gasteiger partial charge >= 0.3 is 6.09 Å². The van der Waals surface area contributed by atoms with Gasteiger partial charge in [0, 0.05) is 0 Å². The lowest BCUT2D eigenvalue weighted by atomic mass is 9.75. The minimum Gasteiger partial charge on any atom is -0.446 e. The van der Waals surface area contributed by atoms with E-state index in [1.807, 2.05) is 0 Å². The summed E-state index contributed by atoms with van der Waals surface area (Å²) in [4.78, 5) is 12.9. The van der Waals surface area contributed by atoms with E-state index in [9.17, 15) is 4.79 Å². The Morgan fingerprint density at radius 1 is 1.11 bits per heavy atom. The van der Waals surface area contributed by atoms with Crippen LogP contribution in [0.3, 0.4) is 0 Å². The van der Waals surface area contributed by atoms with Crippen LogP contribution >= 0.6 is 0 Å². The van der Waals surface area contributed by atoms with Crippen molar-refractivity contribution in [3.63, 3.8) is 0 Å². The second kappa shape index (κ2) is 8.14. The highest BCUT2D eigenvalue weighted by Crippen LogP contribution is 2.37. The van der Waals surface area contributed by atoms with Crippen LogP contribution < -0.4 is 5.32 Å². The van der Waals surface area contributed by atoms with Gasteiger partial charge in [-0.3, -0.25) is 0 Å². The Balaban J connectivity index is 1.52. The first-order chi connectivity index (χ1) is 13.5. The molecule has 0 unspecified atom stereocenters. The van der Waals surface area contributed by atoms with Gasteiger partial charge in [-0.15, -0.1) is 0 Å². The van der Waals surface area contributed by atoms with Crippen molar-refractivity contribution in [2.45, 2.75) is 71.4 Å². The van der Waals surface area contributed by atoms with Crippen molar-refractivity contribution in [2.24, 2.45) is 17.8 Å². The van der Waals surface area contributed by atoms with Gasteiger partial charge in [0.2, 0.25) is 0 Å². The Morgan fingerprint density at radius 2 is 1.93 bits per heavy atom. The van der Waals surface area contributed by atoms with Gasteiger partial charge in [0.1, 0.15) is 6.10 Å². The summed E-state index contributed by atoms with van der Waals surface area (Å²) in [7, 11) is 0. The summed E-state index contributed by atoms with van der Waals surface area (Å²) >= 11 is 0. The molecule has 1 saturated carbocycles. The molecule has 0 aliphatic heterocycles. The zero-order valence-electron chi connectivity index (χ0n) is 17.4. The summed E-state index contributed by atoms with van der Waals surface area (Å²) in [5.41, 5.74) is 2.65. The maximum atomic E-state index is 12.9. The van der Waals surface area contributed by atoms with E-state index in [0.717, 1.165) is 32.1 Å². The molecule has 2 aromatic rings. The number of rotatable bonds is 3. The summed E-state index contributed by atoms with van der Waals surface area (Å²) in [5.74, 6) is 1.65. The molecule has 3 nitrogen and oxygen atoms in total. The molecule has 0 heterocycles. The maximum absolute atomic E-state index is 12.9. The van der Waals surface area contributed by atoms with E-state index in [-0.39, 0.29) is 18.2 Å². The number of fused-ring (bicyclic) bond motifs is 3. The monoisotopic (exact) mass is 379 g/mol. The van der Waals surface area contributed by atoms with E-state index in [4.69, 9.17) is 4.74 Å². The smallest absolute Gasteiger partial charge is 0.407 e. The molecule has 3 heteroatoms. The zero-order chi connectivity index (χ0) is 19.7. The molecule has 2 aliphatic carbocycles. The van der Waals surface area contributed by atoms with Gasteiger partial charge in [0.05, 0.1) is 6.04 Å². The lowest BCUT2D eigenvalue weighted by molar-refractivity contribution is 0.00472. The number of carbonyl (C=O) groups excluding carboxylic acids is 1. The van der Waals surface area contributed by atoms with E-state index in [1.54, 1.807) is 0 Å². The van der Waals surface area contributed by atoms with Crippen molar-refractivity contribution < 1.29 is 9.53 Å². The van der Waals surface area contributed by atoms with Crippen molar-refractivity contribution in [1.29, 1.82) is 0 Å². The van der Waals surface area contributed by atoms with Crippen LogP contribution in [0.2, 0.25) is 0 Å². The molecule has 0 aromatic heterocycles. The number of aryl methyl sites for hydroxylation is 1. The summed E-state index contributed by atoms with van der Waals surface area (Å²) in [6.07, 6.45) is 6.36. The van der Waals surface area contributed by atoms with E-state index < -0.39 is 0 Å². The molecule has 1 N–H and O–H groups in total. The van der Waals surface area contributed by atoms with E-state index in [1.165, 1.54) is 28.3 Å². The Labute approximate surface area is 168 Å². The summed E-state index contributed by atoms with van der Waals surface area (Å²) < 4.78 is 6.02. The van der Waals surface area contributed by atoms with E-state index in [0.29, 0.717) is 17.8 Å². The van der Waals surface area contributed by atoms with E-state index >= 15 is 0 Å². The third-order valence-corrected chi connectivity index (χ3v) is 6.86. The normalized spacial score (nSPS) is 27.4. The fourth-order valence-electron chi connectivity index (χ4n) is 5.32. The number of nitrogens with one attached hydrogen (secondary N) is 1. The lowest BCUT2D eigenvalue weighted by Gasteiger charge is -2.37. The number of amides is 1. The molecular formula is C25H33NO2. The largest absolute Gasteiger partial charge is 0.446 e. The van der Waals surface area contributed by atoms with Crippen LogP contribution in [-0.2, 0) is 11.2 Å². The highest BCUT2D eigenvalue weighted by molar-refractivity contribution is 5.88. The third-order valence-electron chi connectivity index (χ3n) is 6.86. The average molecular weight is 380 g/mol. The molecule has 2 aromatic carbocycles. The second-order valence-corrected chi connectivity index (χ2v) is 9.22. The molecule has 150 valence electrons. The first kappa shape index (κ1) is 19.3. The van der Waals surface area contributed by atoms with Crippen molar-refractivity contribution in [3.8, 4) is 0 Å². The lowest BCUT2D eigenvalue weighted by Crippen LogP contribution is -2.40. The fraction of sp³-hybridized carbons (Fsp3) is 0.560. The number of ether oxygens (including phenoxy) is 1. The summed E-state index contributed by atoms with van der Waals surface area (Å²) in [6.45, 7) is 6.77.